The van der Waals surface area contributed by atoms with Gasteiger partial charge in [0.15, 0.2) is 0 Å². The van der Waals surface area contributed by atoms with Crippen molar-refractivity contribution < 1.29 is 19.4 Å². The summed E-state index contributed by atoms with van der Waals surface area (Å²) < 4.78 is 5.77. The molecule has 3 aromatic carbocycles. The number of hydrogen-bond acceptors (Lipinski definition) is 4. The van der Waals surface area contributed by atoms with Crippen LogP contribution in [0.25, 0.3) is 5.76 Å². The summed E-state index contributed by atoms with van der Waals surface area (Å²) in [6, 6.07) is 22.4. The lowest BCUT2D eigenvalue weighted by molar-refractivity contribution is -0.139. The number of nitrogens with zero attached hydrogens (tertiary/aromatic N) is 1. The molecular weight excluding hydrogens is 426 g/mol. The number of aliphatic hydroxyl groups excluding tert-OH is 1. The molecule has 0 saturated carbocycles. The first-order chi connectivity index (χ1) is 16.4. The molecule has 0 aromatic heterocycles. The van der Waals surface area contributed by atoms with Crippen molar-refractivity contribution >= 4 is 17.4 Å². The zero-order valence-electron chi connectivity index (χ0n) is 19.3. The quantitative estimate of drug-likeness (QED) is 0.336. The van der Waals surface area contributed by atoms with Crippen molar-refractivity contribution in [2.75, 3.05) is 6.54 Å². The molecular formula is C29H27NO4. The maximum atomic E-state index is 13.2. The van der Waals surface area contributed by atoms with E-state index in [1.807, 2.05) is 80.6 Å². The van der Waals surface area contributed by atoms with Gasteiger partial charge in [0.2, 0.25) is 0 Å². The normalized spacial score (nSPS) is 20.9. The highest BCUT2D eigenvalue weighted by Crippen LogP contribution is 2.40. The number of hydrogen-bond donors (Lipinski definition) is 1. The number of amides is 1. The van der Waals surface area contributed by atoms with Gasteiger partial charge in [0.25, 0.3) is 11.7 Å². The van der Waals surface area contributed by atoms with Crippen molar-refractivity contribution in [3.63, 3.8) is 0 Å². The summed E-state index contributed by atoms with van der Waals surface area (Å²) in [6.07, 6.45) is 1.43. The van der Waals surface area contributed by atoms with Gasteiger partial charge in [-0.2, -0.15) is 0 Å². The van der Waals surface area contributed by atoms with Crippen LogP contribution in [0.3, 0.4) is 0 Å². The number of ether oxygens (including phenoxy) is 1. The van der Waals surface area contributed by atoms with Gasteiger partial charge in [-0.3, -0.25) is 9.59 Å². The number of fused-ring (bicyclic) bond motifs is 1. The van der Waals surface area contributed by atoms with Crippen molar-refractivity contribution in [3.8, 4) is 5.75 Å². The van der Waals surface area contributed by atoms with Gasteiger partial charge in [-0.15, -0.1) is 0 Å². The Kier molecular flexibility index (Phi) is 5.70. The highest BCUT2D eigenvalue weighted by Gasteiger charge is 2.45. The monoisotopic (exact) mass is 453 g/mol. The third-order valence-corrected chi connectivity index (χ3v) is 6.59. The van der Waals surface area contributed by atoms with E-state index < -0.39 is 17.7 Å². The summed E-state index contributed by atoms with van der Waals surface area (Å²) >= 11 is 0. The Hall–Kier alpha value is -3.86. The molecule has 0 bridgehead atoms. The Morgan fingerprint density at radius 2 is 1.76 bits per heavy atom. The predicted molar refractivity (Wildman–Crippen MR) is 131 cm³/mol. The highest BCUT2D eigenvalue weighted by atomic mass is 16.5. The number of carbonyl (C=O) groups excluding carboxylic acids is 2. The Labute approximate surface area is 199 Å². The topological polar surface area (TPSA) is 66.8 Å². The molecule has 2 aliphatic heterocycles. The maximum Gasteiger partial charge on any atom is 0.295 e. The van der Waals surface area contributed by atoms with Crippen LogP contribution < -0.4 is 4.74 Å². The van der Waals surface area contributed by atoms with Crippen LogP contribution in [0.2, 0.25) is 0 Å². The zero-order valence-corrected chi connectivity index (χ0v) is 19.3. The van der Waals surface area contributed by atoms with Gasteiger partial charge in [0, 0.05) is 18.5 Å². The first kappa shape index (κ1) is 22.0. The molecule has 0 radical (unpaired) electrons. The Bertz CT molecular complexity index is 1280. The van der Waals surface area contributed by atoms with Gasteiger partial charge >= 0.3 is 0 Å². The molecule has 5 nitrogen and oxygen atoms in total. The van der Waals surface area contributed by atoms with E-state index in [9.17, 15) is 14.7 Å². The number of aryl methyl sites for hydroxylation is 1. The van der Waals surface area contributed by atoms with Crippen LogP contribution in [0.15, 0.2) is 78.4 Å². The zero-order chi connectivity index (χ0) is 23.8. The van der Waals surface area contributed by atoms with E-state index in [2.05, 4.69) is 0 Å². The Morgan fingerprint density at radius 1 is 1.03 bits per heavy atom. The largest absolute Gasteiger partial charge is 0.507 e. The first-order valence-corrected chi connectivity index (χ1v) is 11.6. The second-order valence-corrected chi connectivity index (χ2v) is 9.09. The number of benzene rings is 3. The lowest BCUT2D eigenvalue weighted by atomic mass is 9.94. The van der Waals surface area contributed by atoms with Crippen molar-refractivity contribution in [3.05, 3.63) is 106 Å². The fraction of sp³-hybridized carbons (Fsp3) is 0.241. The molecule has 1 N–H and O–H groups in total. The van der Waals surface area contributed by atoms with Crippen LogP contribution in [0.4, 0.5) is 0 Å². The lowest BCUT2D eigenvalue weighted by Crippen LogP contribution is -2.31. The molecule has 0 unspecified atom stereocenters. The third-order valence-electron chi connectivity index (χ3n) is 6.59. The fourth-order valence-corrected chi connectivity index (χ4v) is 4.83. The van der Waals surface area contributed by atoms with Gasteiger partial charge < -0.3 is 14.7 Å². The Balaban J connectivity index is 1.57. The average molecular weight is 454 g/mol. The molecule has 2 heterocycles. The summed E-state index contributed by atoms with van der Waals surface area (Å²) in [5.41, 5.74) is 4.61. The van der Waals surface area contributed by atoms with Crippen LogP contribution in [-0.2, 0) is 22.4 Å². The molecule has 5 rings (SSSR count). The molecule has 2 aliphatic rings. The molecule has 0 aliphatic carbocycles. The minimum atomic E-state index is -0.652. The van der Waals surface area contributed by atoms with Crippen molar-refractivity contribution in [1.82, 2.24) is 4.90 Å². The van der Waals surface area contributed by atoms with Gasteiger partial charge in [-0.05, 0) is 55.2 Å². The lowest BCUT2D eigenvalue weighted by Gasteiger charge is -2.25. The molecule has 0 spiro atoms. The highest BCUT2D eigenvalue weighted by molar-refractivity contribution is 6.46. The van der Waals surface area contributed by atoms with E-state index >= 15 is 0 Å². The Morgan fingerprint density at radius 3 is 2.50 bits per heavy atom. The van der Waals surface area contributed by atoms with Gasteiger partial charge in [-0.1, -0.05) is 60.2 Å². The molecule has 34 heavy (non-hydrogen) atoms. The summed E-state index contributed by atoms with van der Waals surface area (Å²) in [5.74, 6) is -0.585. The van der Waals surface area contributed by atoms with Crippen LogP contribution in [0, 0.1) is 6.92 Å². The summed E-state index contributed by atoms with van der Waals surface area (Å²) in [7, 11) is 0. The molecule has 3 aromatic rings. The van der Waals surface area contributed by atoms with E-state index in [4.69, 9.17) is 4.74 Å². The molecule has 2 atom stereocenters. The van der Waals surface area contributed by atoms with Crippen molar-refractivity contribution in [1.29, 1.82) is 0 Å². The van der Waals surface area contributed by atoms with Gasteiger partial charge in [0.05, 0.1) is 11.6 Å². The molecule has 172 valence electrons. The van der Waals surface area contributed by atoms with Crippen LogP contribution in [0.5, 0.6) is 5.75 Å². The van der Waals surface area contributed by atoms with E-state index in [1.54, 1.807) is 11.0 Å². The summed E-state index contributed by atoms with van der Waals surface area (Å²) in [5, 5.41) is 11.3. The van der Waals surface area contributed by atoms with Gasteiger partial charge in [0.1, 0.15) is 17.6 Å². The molecule has 1 amide bonds. The van der Waals surface area contributed by atoms with Crippen LogP contribution in [-0.4, -0.2) is 34.3 Å². The smallest absolute Gasteiger partial charge is 0.295 e. The van der Waals surface area contributed by atoms with E-state index in [-0.39, 0.29) is 17.4 Å². The molecule has 1 fully saturated rings. The van der Waals surface area contributed by atoms with E-state index in [0.29, 0.717) is 18.5 Å². The molecule has 5 heteroatoms. The third kappa shape index (κ3) is 3.98. The maximum absolute atomic E-state index is 13.2. The second-order valence-electron chi connectivity index (χ2n) is 9.09. The first-order valence-electron chi connectivity index (χ1n) is 11.6. The van der Waals surface area contributed by atoms with Crippen LogP contribution in [0.1, 0.15) is 40.8 Å². The van der Waals surface area contributed by atoms with Crippen molar-refractivity contribution in [2.24, 2.45) is 0 Å². The number of likely N-dealkylation sites (tertiary alicyclic amines) is 1. The summed E-state index contributed by atoms with van der Waals surface area (Å²) in [4.78, 5) is 28.0. The second kappa shape index (κ2) is 8.82. The molecule has 1 saturated heterocycles. The number of carbonyl (C=O) groups is 2. The minimum Gasteiger partial charge on any atom is -0.507 e. The number of aliphatic hydroxyl groups is 1. The number of Topliss-reactive ketones (excluding diaryl/α,β-unsaturated/α-hetero) is 1. The van der Waals surface area contributed by atoms with E-state index in [0.717, 1.165) is 34.4 Å². The fourth-order valence-electron chi connectivity index (χ4n) is 4.83. The van der Waals surface area contributed by atoms with Crippen molar-refractivity contribution in [2.45, 2.75) is 38.8 Å². The SMILES string of the molecule is Cc1ccc([C@H]2C(=C(O)c3ccc4c(c3)C[C@H](C)O4)C(=O)C(=O)N2CCc2ccccc2)cc1. The van der Waals surface area contributed by atoms with Gasteiger partial charge in [-0.25, -0.2) is 0 Å². The number of rotatable bonds is 5. The number of ketones is 1. The van der Waals surface area contributed by atoms with Crippen LogP contribution >= 0.6 is 0 Å². The minimum absolute atomic E-state index is 0.0727. The summed E-state index contributed by atoms with van der Waals surface area (Å²) in [6.45, 7) is 4.36. The standard InChI is InChI=1S/C29H27NO4/c1-18-8-10-21(11-9-18)26-25(27(31)22-12-13-24-23(17-22)16-19(2)34-24)28(32)29(33)30(26)15-14-20-6-4-3-5-7-20/h3-13,17,19,26,31H,14-16H2,1-2H3/t19-,26-/m0/s1. The van der Waals surface area contributed by atoms with E-state index in [1.165, 1.54) is 0 Å². The average Bonchev–Trinajstić information content (AvgIpc) is 3.34. The predicted octanol–water partition coefficient (Wildman–Crippen LogP) is 4.98.